The fourth-order valence-corrected chi connectivity index (χ4v) is 3.53. The molecule has 6 nitrogen and oxygen atoms in total. The Hall–Kier alpha value is -2.32. The Labute approximate surface area is 139 Å². The maximum Gasteiger partial charge on any atom is 0.373 e. The predicted octanol–water partition coefficient (Wildman–Crippen LogP) is 3.36. The highest BCUT2D eigenvalue weighted by atomic mass is 32.2. The fraction of sp³-hybridized carbons (Fsp3) is 0.133. The van der Waals surface area contributed by atoms with Crippen LogP contribution < -0.4 is 0 Å². The fourth-order valence-electron chi connectivity index (χ4n) is 1.97. The van der Waals surface area contributed by atoms with E-state index in [0.717, 1.165) is 21.5 Å². The first-order chi connectivity index (χ1) is 11.1. The molecule has 8 heteroatoms. The van der Waals surface area contributed by atoms with Gasteiger partial charge in [-0.05, 0) is 41.4 Å². The molecule has 0 bridgehead atoms. The molecule has 2 amide bonds. The van der Waals surface area contributed by atoms with Gasteiger partial charge in [0.15, 0.2) is 0 Å². The van der Waals surface area contributed by atoms with Gasteiger partial charge in [-0.1, -0.05) is 6.07 Å². The van der Waals surface area contributed by atoms with Gasteiger partial charge in [0.05, 0.1) is 18.6 Å². The Kier molecular flexibility index (Phi) is 4.35. The predicted molar refractivity (Wildman–Crippen MR) is 85.9 cm³/mol. The van der Waals surface area contributed by atoms with Crippen molar-refractivity contribution in [2.75, 3.05) is 7.11 Å². The molecule has 1 fully saturated rings. The first-order valence-electron chi connectivity index (χ1n) is 6.54. The van der Waals surface area contributed by atoms with Crippen molar-refractivity contribution in [3.8, 4) is 0 Å². The first-order valence-corrected chi connectivity index (χ1v) is 8.24. The molecule has 3 rings (SSSR count). The SMILES string of the molecule is COC(=O)c1ccc(CN2C(=O)S/C(=C/c3cccs3)C2=O)o1. The Morgan fingerprint density at radius 1 is 1.35 bits per heavy atom. The summed E-state index contributed by atoms with van der Waals surface area (Å²) < 4.78 is 9.83. The van der Waals surface area contributed by atoms with Crippen LogP contribution in [0.15, 0.2) is 39.0 Å². The zero-order valence-electron chi connectivity index (χ0n) is 12.0. The molecule has 0 atom stereocenters. The Morgan fingerprint density at radius 2 is 2.17 bits per heavy atom. The molecule has 1 aliphatic heterocycles. The van der Waals surface area contributed by atoms with Crippen LogP contribution in [0.4, 0.5) is 4.79 Å². The summed E-state index contributed by atoms with van der Waals surface area (Å²) in [5.74, 6) is -0.610. The lowest BCUT2D eigenvalue weighted by molar-refractivity contribution is -0.123. The third kappa shape index (κ3) is 3.22. The largest absolute Gasteiger partial charge is 0.463 e. The van der Waals surface area contributed by atoms with Gasteiger partial charge in [0.25, 0.3) is 11.1 Å². The van der Waals surface area contributed by atoms with Gasteiger partial charge in [-0.2, -0.15) is 0 Å². The molecule has 23 heavy (non-hydrogen) atoms. The number of methoxy groups -OCH3 is 1. The monoisotopic (exact) mass is 349 g/mol. The van der Waals surface area contributed by atoms with Crippen molar-refractivity contribution >= 4 is 46.3 Å². The van der Waals surface area contributed by atoms with Gasteiger partial charge < -0.3 is 9.15 Å². The van der Waals surface area contributed by atoms with E-state index in [1.165, 1.54) is 24.5 Å². The Morgan fingerprint density at radius 3 is 2.87 bits per heavy atom. The van der Waals surface area contributed by atoms with Crippen molar-refractivity contribution in [3.63, 3.8) is 0 Å². The second kappa shape index (κ2) is 6.43. The lowest BCUT2D eigenvalue weighted by atomic mass is 10.3. The van der Waals surface area contributed by atoms with Crippen LogP contribution in [0.3, 0.4) is 0 Å². The molecule has 1 aliphatic rings. The van der Waals surface area contributed by atoms with Gasteiger partial charge in [0.2, 0.25) is 5.76 Å². The highest BCUT2D eigenvalue weighted by Crippen LogP contribution is 2.34. The molecule has 2 aromatic rings. The van der Waals surface area contributed by atoms with Gasteiger partial charge in [0, 0.05) is 4.88 Å². The average molecular weight is 349 g/mol. The summed E-state index contributed by atoms with van der Waals surface area (Å²) in [6, 6.07) is 6.73. The number of rotatable bonds is 4. The summed E-state index contributed by atoms with van der Waals surface area (Å²) >= 11 is 2.37. The molecule has 0 radical (unpaired) electrons. The zero-order valence-corrected chi connectivity index (χ0v) is 13.6. The highest BCUT2D eigenvalue weighted by Gasteiger charge is 2.35. The molecular formula is C15H11NO5S2. The minimum Gasteiger partial charge on any atom is -0.463 e. The quantitative estimate of drug-likeness (QED) is 0.622. The lowest BCUT2D eigenvalue weighted by Gasteiger charge is -2.09. The number of esters is 1. The minimum absolute atomic E-state index is 0.0244. The number of furan rings is 1. The van der Waals surface area contributed by atoms with Gasteiger partial charge in [-0.15, -0.1) is 11.3 Å². The second-order valence-corrected chi connectivity index (χ2v) is 6.51. The number of nitrogens with zero attached hydrogens (tertiary/aromatic N) is 1. The molecule has 0 aliphatic carbocycles. The Bertz CT molecular complexity index is 791. The van der Waals surface area contributed by atoms with E-state index in [0.29, 0.717) is 10.7 Å². The van der Waals surface area contributed by atoms with E-state index in [-0.39, 0.29) is 23.5 Å². The second-order valence-electron chi connectivity index (χ2n) is 4.54. The number of amides is 2. The highest BCUT2D eigenvalue weighted by molar-refractivity contribution is 8.18. The van der Waals surface area contributed by atoms with Crippen LogP contribution in [0.1, 0.15) is 21.2 Å². The first kappa shape index (κ1) is 15.6. The molecular weight excluding hydrogens is 338 g/mol. The van der Waals surface area contributed by atoms with Crippen LogP contribution in [-0.4, -0.2) is 29.1 Å². The molecule has 0 unspecified atom stereocenters. The van der Waals surface area contributed by atoms with E-state index in [1.54, 1.807) is 12.1 Å². The molecule has 3 heterocycles. The summed E-state index contributed by atoms with van der Waals surface area (Å²) in [4.78, 5) is 38.1. The van der Waals surface area contributed by atoms with E-state index < -0.39 is 5.97 Å². The summed E-state index contributed by atoms with van der Waals surface area (Å²) in [7, 11) is 1.25. The van der Waals surface area contributed by atoms with E-state index in [1.807, 2.05) is 17.5 Å². The smallest absolute Gasteiger partial charge is 0.373 e. The average Bonchev–Trinajstić information content (AvgIpc) is 3.26. The van der Waals surface area contributed by atoms with Crippen molar-refractivity contribution < 1.29 is 23.5 Å². The van der Waals surface area contributed by atoms with Crippen LogP contribution in [0.2, 0.25) is 0 Å². The normalized spacial score (nSPS) is 16.4. The summed E-state index contributed by atoms with van der Waals surface area (Å²) in [6.45, 7) is -0.0244. The molecule has 0 N–H and O–H groups in total. The van der Waals surface area contributed by atoms with Gasteiger partial charge in [-0.25, -0.2) is 4.79 Å². The number of ether oxygens (including phenoxy) is 1. The molecule has 118 valence electrons. The number of carbonyl (C=O) groups is 3. The maximum absolute atomic E-state index is 12.3. The van der Waals surface area contributed by atoms with Crippen molar-refractivity contribution in [2.45, 2.75) is 6.54 Å². The van der Waals surface area contributed by atoms with Crippen LogP contribution in [0.5, 0.6) is 0 Å². The van der Waals surface area contributed by atoms with E-state index in [9.17, 15) is 14.4 Å². The summed E-state index contributed by atoms with van der Waals surface area (Å²) in [5.41, 5.74) is 0. The third-order valence-electron chi connectivity index (χ3n) is 3.05. The number of thioether (sulfide) groups is 1. The molecule has 0 aromatic carbocycles. The van der Waals surface area contributed by atoms with Crippen molar-refractivity contribution in [3.05, 3.63) is 50.9 Å². The summed E-state index contributed by atoms with van der Waals surface area (Å²) in [5, 5.41) is 1.53. The van der Waals surface area contributed by atoms with E-state index in [4.69, 9.17) is 4.42 Å². The number of hydrogen-bond acceptors (Lipinski definition) is 7. The van der Waals surface area contributed by atoms with Crippen molar-refractivity contribution in [1.82, 2.24) is 4.90 Å². The van der Waals surface area contributed by atoms with Crippen LogP contribution >= 0.6 is 23.1 Å². The standard InChI is InChI=1S/C15H11NO5S2/c1-20-14(18)11-5-4-9(21-11)8-16-13(17)12(23-15(16)19)7-10-3-2-6-22-10/h2-7H,8H2,1H3/b12-7+. The summed E-state index contributed by atoms with van der Waals surface area (Å²) in [6.07, 6.45) is 1.69. The zero-order chi connectivity index (χ0) is 16.4. The van der Waals surface area contributed by atoms with Crippen molar-refractivity contribution in [2.24, 2.45) is 0 Å². The van der Waals surface area contributed by atoms with E-state index in [2.05, 4.69) is 4.74 Å². The third-order valence-corrected chi connectivity index (χ3v) is 4.78. The molecule has 0 saturated carbocycles. The number of hydrogen-bond donors (Lipinski definition) is 0. The van der Waals surface area contributed by atoms with Gasteiger partial charge in [-0.3, -0.25) is 14.5 Å². The molecule has 0 spiro atoms. The van der Waals surface area contributed by atoms with Crippen LogP contribution in [0, 0.1) is 0 Å². The lowest BCUT2D eigenvalue weighted by Crippen LogP contribution is -2.27. The van der Waals surface area contributed by atoms with Crippen LogP contribution in [0.25, 0.3) is 6.08 Å². The Balaban J connectivity index is 1.76. The van der Waals surface area contributed by atoms with Gasteiger partial charge in [0.1, 0.15) is 5.76 Å². The molecule has 2 aromatic heterocycles. The van der Waals surface area contributed by atoms with Crippen LogP contribution in [-0.2, 0) is 16.1 Å². The number of carbonyl (C=O) groups excluding carboxylic acids is 3. The molecule has 1 saturated heterocycles. The minimum atomic E-state index is -0.608. The number of thiophene rings is 1. The van der Waals surface area contributed by atoms with E-state index >= 15 is 0 Å². The van der Waals surface area contributed by atoms with Crippen molar-refractivity contribution in [1.29, 1.82) is 0 Å². The number of imide groups is 1. The topological polar surface area (TPSA) is 76.8 Å². The van der Waals surface area contributed by atoms with Gasteiger partial charge >= 0.3 is 5.97 Å². The maximum atomic E-state index is 12.3.